The average Bonchev–Trinajstić information content (AvgIpc) is 2.51. The van der Waals surface area contributed by atoms with Gasteiger partial charge in [-0.25, -0.2) is 0 Å². The summed E-state index contributed by atoms with van der Waals surface area (Å²) in [4.78, 5) is 23.9. The van der Waals surface area contributed by atoms with Crippen molar-refractivity contribution >= 4 is 11.8 Å². The summed E-state index contributed by atoms with van der Waals surface area (Å²) in [5.74, 6) is 0.400. The molecule has 0 bridgehead atoms. The Morgan fingerprint density at radius 2 is 1.41 bits per heavy atom. The van der Waals surface area contributed by atoms with Gasteiger partial charge in [-0.15, -0.1) is 0 Å². The molecule has 0 unspecified atom stereocenters. The highest BCUT2D eigenvalue weighted by Crippen LogP contribution is 2.05. The van der Waals surface area contributed by atoms with Gasteiger partial charge < -0.3 is 10.6 Å². The summed E-state index contributed by atoms with van der Waals surface area (Å²) in [7, 11) is 0. The van der Waals surface area contributed by atoms with Gasteiger partial charge in [-0.1, -0.05) is 33.6 Å². The molecule has 1 aromatic rings. The van der Waals surface area contributed by atoms with Crippen molar-refractivity contribution in [1.29, 1.82) is 0 Å². The number of carbonyl (C=O) groups is 2. The van der Waals surface area contributed by atoms with E-state index in [1.165, 1.54) is 0 Å². The topological polar surface area (TPSA) is 58.2 Å². The predicted molar refractivity (Wildman–Crippen MR) is 90.1 cm³/mol. The van der Waals surface area contributed by atoms with E-state index in [0.717, 1.165) is 25.7 Å². The van der Waals surface area contributed by atoms with Crippen LogP contribution in [0.4, 0.5) is 0 Å². The molecule has 0 heterocycles. The molecule has 1 rings (SSSR count). The van der Waals surface area contributed by atoms with Crippen LogP contribution < -0.4 is 10.6 Å². The summed E-state index contributed by atoms with van der Waals surface area (Å²) < 4.78 is 0. The first-order chi connectivity index (χ1) is 10.5. The Morgan fingerprint density at radius 1 is 0.909 bits per heavy atom. The van der Waals surface area contributed by atoms with Crippen LogP contribution in [-0.2, 0) is 0 Å². The lowest BCUT2D eigenvalue weighted by Gasteiger charge is -2.08. The predicted octanol–water partition coefficient (Wildman–Crippen LogP) is 3.38. The molecule has 122 valence electrons. The minimum atomic E-state index is -0.0875. The van der Waals surface area contributed by atoms with Crippen molar-refractivity contribution in [2.75, 3.05) is 13.1 Å². The lowest BCUT2D eigenvalue weighted by molar-refractivity contribution is 0.0940. The third-order valence-corrected chi connectivity index (χ3v) is 3.48. The molecule has 0 saturated carbocycles. The van der Waals surface area contributed by atoms with Crippen LogP contribution in [0.25, 0.3) is 0 Å². The molecular weight excluding hydrogens is 276 g/mol. The van der Waals surface area contributed by atoms with Crippen LogP contribution in [0.5, 0.6) is 0 Å². The molecule has 4 nitrogen and oxygen atoms in total. The maximum absolute atomic E-state index is 11.9. The van der Waals surface area contributed by atoms with Crippen molar-refractivity contribution < 1.29 is 9.59 Å². The Kier molecular flexibility index (Phi) is 8.26. The van der Waals surface area contributed by atoms with E-state index < -0.39 is 0 Å². The molecule has 2 N–H and O–H groups in total. The van der Waals surface area contributed by atoms with Crippen LogP contribution in [0, 0.1) is 5.92 Å². The zero-order valence-corrected chi connectivity index (χ0v) is 13.9. The standard InChI is InChI=1S/C18H28N2O2/c1-4-5-6-12-19-17(21)15-7-9-16(10-8-15)18(22)20-13-11-14(2)3/h7-10,14H,4-6,11-13H2,1-3H3,(H,19,21)(H,20,22). The highest BCUT2D eigenvalue weighted by molar-refractivity contribution is 5.97. The molecule has 0 fully saturated rings. The molecular formula is C18H28N2O2. The van der Waals surface area contributed by atoms with Crippen molar-refractivity contribution in [3.8, 4) is 0 Å². The number of hydrogen-bond acceptors (Lipinski definition) is 2. The van der Waals surface area contributed by atoms with Gasteiger partial charge in [-0.05, 0) is 43.0 Å². The Morgan fingerprint density at radius 3 is 1.86 bits per heavy atom. The molecule has 0 radical (unpaired) electrons. The molecule has 0 atom stereocenters. The van der Waals surface area contributed by atoms with Gasteiger partial charge in [0, 0.05) is 24.2 Å². The van der Waals surface area contributed by atoms with Gasteiger partial charge in [0.05, 0.1) is 0 Å². The molecule has 0 aliphatic carbocycles. The van der Waals surface area contributed by atoms with Gasteiger partial charge in [0.15, 0.2) is 0 Å². The Labute approximate surface area is 133 Å². The van der Waals surface area contributed by atoms with Gasteiger partial charge >= 0.3 is 0 Å². The quantitative estimate of drug-likeness (QED) is 0.687. The lowest BCUT2D eigenvalue weighted by Crippen LogP contribution is -2.26. The highest BCUT2D eigenvalue weighted by atomic mass is 16.2. The minimum absolute atomic E-state index is 0.0807. The smallest absolute Gasteiger partial charge is 0.251 e. The molecule has 0 saturated heterocycles. The van der Waals surface area contributed by atoms with Crippen molar-refractivity contribution in [3.63, 3.8) is 0 Å². The second-order valence-electron chi connectivity index (χ2n) is 5.98. The maximum atomic E-state index is 11.9. The molecule has 22 heavy (non-hydrogen) atoms. The zero-order chi connectivity index (χ0) is 16.4. The number of unbranched alkanes of at least 4 members (excludes halogenated alkanes) is 2. The van der Waals surface area contributed by atoms with Crippen molar-refractivity contribution in [1.82, 2.24) is 10.6 Å². The van der Waals surface area contributed by atoms with Gasteiger partial charge in [-0.3, -0.25) is 9.59 Å². The largest absolute Gasteiger partial charge is 0.352 e. The van der Waals surface area contributed by atoms with Crippen LogP contribution in [0.3, 0.4) is 0 Å². The van der Waals surface area contributed by atoms with Crippen LogP contribution in [0.15, 0.2) is 24.3 Å². The Bertz CT molecular complexity index is 466. The molecule has 4 heteroatoms. The van der Waals surface area contributed by atoms with Gasteiger partial charge in [-0.2, -0.15) is 0 Å². The fourth-order valence-electron chi connectivity index (χ4n) is 2.03. The van der Waals surface area contributed by atoms with E-state index in [1.807, 2.05) is 0 Å². The monoisotopic (exact) mass is 304 g/mol. The fraction of sp³-hybridized carbons (Fsp3) is 0.556. The lowest BCUT2D eigenvalue weighted by atomic mass is 10.1. The van der Waals surface area contributed by atoms with E-state index in [0.29, 0.717) is 30.1 Å². The van der Waals surface area contributed by atoms with E-state index >= 15 is 0 Å². The summed E-state index contributed by atoms with van der Waals surface area (Å²) in [5, 5.41) is 5.78. The summed E-state index contributed by atoms with van der Waals surface area (Å²) >= 11 is 0. The first-order valence-electron chi connectivity index (χ1n) is 8.21. The number of rotatable bonds is 9. The third-order valence-electron chi connectivity index (χ3n) is 3.48. The second kappa shape index (κ2) is 9.98. The van der Waals surface area contributed by atoms with Crippen molar-refractivity contribution in [3.05, 3.63) is 35.4 Å². The van der Waals surface area contributed by atoms with E-state index in [9.17, 15) is 9.59 Å². The van der Waals surface area contributed by atoms with E-state index in [-0.39, 0.29) is 11.8 Å². The molecule has 0 spiro atoms. The molecule has 1 aromatic carbocycles. The molecule has 0 aliphatic rings. The number of amides is 2. The number of hydrogen-bond donors (Lipinski definition) is 2. The van der Waals surface area contributed by atoms with Crippen LogP contribution in [-0.4, -0.2) is 24.9 Å². The molecule has 0 aliphatic heterocycles. The van der Waals surface area contributed by atoms with Crippen LogP contribution >= 0.6 is 0 Å². The Hall–Kier alpha value is -1.84. The summed E-state index contributed by atoms with van der Waals surface area (Å²) in [5.41, 5.74) is 1.18. The van der Waals surface area contributed by atoms with E-state index in [1.54, 1.807) is 24.3 Å². The van der Waals surface area contributed by atoms with E-state index in [4.69, 9.17) is 0 Å². The summed E-state index contributed by atoms with van der Waals surface area (Å²) in [6.07, 6.45) is 4.22. The molecule has 0 aromatic heterocycles. The number of carbonyl (C=O) groups excluding carboxylic acids is 2. The third kappa shape index (κ3) is 6.74. The normalized spacial score (nSPS) is 10.5. The summed E-state index contributed by atoms with van der Waals surface area (Å²) in [6, 6.07) is 6.80. The van der Waals surface area contributed by atoms with E-state index in [2.05, 4.69) is 31.4 Å². The van der Waals surface area contributed by atoms with Crippen LogP contribution in [0.1, 0.15) is 67.2 Å². The number of benzene rings is 1. The second-order valence-corrected chi connectivity index (χ2v) is 5.98. The SMILES string of the molecule is CCCCCNC(=O)c1ccc(C(=O)NCCC(C)C)cc1. The summed E-state index contributed by atoms with van der Waals surface area (Å²) in [6.45, 7) is 7.76. The van der Waals surface area contributed by atoms with Crippen LogP contribution in [0.2, 0.25) is 0 Å². The number of nitrogens with one attached hydrogen (secondary N) is 2. The van der Waals surface area contributed by atoms with Gasteiger partial charge in [0.1, 0.15) is 0 Å². The molecule has 2 amide bonds. The van der Waals surface area contributed by atoms with Crippen molar-refractivity contribution in [2.24, 2.45) is 5.92 Å². The minimum Gasteiger partial charge on any atom is -0.352 e. The maximum Gasteiger partial charge on any atom is 0.251 e. The highest BCUT2D eigenvalue weighted by Gasteiger charge is 2.08. The Balaban J connectivity index is 2.44. The zero-order valence-electron chi connectivity index (χ0n) is 13.9. The van der Waals surface area contributed by atoms with Gasteiger partial charge in [0.2, 0.25) is 0 Å². The first-order valence-corrected chi connectivity index (χ1v) is 8.21. The first kappa shape index (κ1) is 18.2. The fourth-order valence-corrected chi connectivity index (χ4v) is 2.03. The average molecular weight is 304 g/mol. The van der Waals surface area contributed by atoms with Gasteiger partial charge in [0.25, 0.3) is 11.8 Å². The van der Waals surface area contributed by atoms with Crippen molar-refractivity contribution in [2.45, 2.75) is 46.5 Å².